The number of hydrogen-bond donors (Lipinski definition) is 3. The summed E-state index contributed by atoms with van der Waals surface area (Å²) in [7, 11) is 1.50. The predicted molar refractivity (Wildman–Crippen MR) is 109 cm³/mol. The maximum absolute atomic E-state index is 12.9. The minimum Gasteiger partial charge on any atom is -0.456 e. The Balaban J connectivity index is 2.32. The van der Waals surface area contributed by atoms with E-state index in [0.29, 0.717) is 11.1 Å². The van der Waals surface area contributed by atoms with Gasteiger partial charge in [-0.3, -0.25) is 9.59 Å². The Morgan fingerprint density at radius 3 is 2.30 bits per heavy atom. The van der Waals surface area contributed by atoms with Crippen molar-refractivity contribution in [3.05, 3.63) is 23.3 Å². The van der Waals surface area contributed by atoms with E-state index in [2.05, 4.69) is 0 Å². The molecule has 1 fully saturated rings. The van der Waals surface area contributed by atoms with E-state index in [-0.39, 0.29) is 13.0 Å². The van der Waals surface area contributed by atoms with Crippen LogP contribution in [0.4, 0.5) is 0 Å². The van der Waals surface area contributed by atoms with Gasteiger partial charge in [0.2, 0.25) is 0 Å². The number of rotatable bonds is 3. The number of Topliss-reactive ketones (excluding diaryl/α,β-unsaturated/α-hetero) is 1. The first kappa shape index (κ1) is 23.1. The molecule has 0 spiro atoms. The molecule has 168 valence electrons. The minimum atomic E-state index is -1.85. The van der Waals surface area contributed by atoms with E-state index in [1.54, 1.807) is 32.9 Å². The Bertz CT molecular complexity index is 827. The lowest BCUT2D eigenvalue weighted by Crippen LogP contribution is -2.74. The Kier molecular flexibility index (Phi) is 5.39. The van der Waals surface area contributed by atoms with Crippen molar-refractivity contribution in [3.8, 4) is 0 Å². The van der Waals surface area contributed by atoms with E-state index in [4.69, 9.17) is 9.47 Å². The Morgan fingerprint density at radius 2 is 1.80 bits per heavy atom. The molecule has 0 aromatic heterocycles. The summed E-state index contributed by atoms with van der Waals surface area (Å²) in [6.45, 7) is 9.97. The molecule has 3 aliphatic rings. The number of aliphatic hydroxyl groups is 3. The minimum absolute atomic E-state index is 0.0651. The average Bonchev–Trinajstić information content (AvgIpc) is 2.80. The van der Waals surface area contributed by atoms with Crippen molar-refractivity contribution < 1.29 is 34.4 Å². The van der Waals surface area contributed by atoms with Gasteiger partial charge in [0.1, 0.15) is 17.3 Å². The summed E-state index contributed by atoms with van der Waals surface area (Å²) in [4.78, 5) is 25.0. The number of fused-ring (bicyclic) bond motifs is 3. The normalized spacial score (nSPS) is 45.1. The van der Waals surface area contributed by atoms with E-state index in [1.807, 2.05) is 13.8 Å². The van der Waals surface area contributed by atoms with Gasteiger partial charge in [-0.2, -0.15) is 0 Å². The van der Waals surface area contributed by atoms with Crippen LogP contribution in [0.2, 0.25) is 0 Å². The van der Waals surface area contributed by atoms with E-state index in [0.717, 1.165) is 0 Å². The number of esters is 1. The van der Waals surface area contributed by atoms with Crippen LogP contribution in [0.5, 0.6) is 0 Å². The zero-order chi connectivity index (χ0) is 22.9. The summed E-state index contributed by atoms with van der Waals surface area (Å²) in [5.41, 5.74) is -4.53. The van der Waals surface area contributed by atoms with E-state index in [9.17, 15) is 24.9 Å². The molecular formula is C23H34O7. The second kappa shape index (κ2) is 6.99. The van der Waals surface area contributed by atoms with Crippen LogP contribution >= 0.6 is 0 Å². The van der Waals surface area contributed by atoms with Crippen molar-refractivity contribution in [1.29, 1.82) is 0 Å². The quantitative estimate of drug-likeness (QED) is 0.467. The summed E-state index contributed by atoms with van der Waals surface area (Å²) < 4.78 is 11.6. The third-order valence-electron chi connectivity index (χ3n) is 8.17. The summed E-state index contributed by atoms with van der Waals surface area (Å²) >= 11 is 0. The number of carbonyl (C=O) groups excluding carboxylic acids is 2. The fourth-order valence-corrected chi connectivity index (χ4v) is 6.39. The molecular weight excluding hydrogens is 388 g/mol. The highest BCUT2D eigenvalue weighted by molar-refractivity contribution is 6.04. The molecule has 3 aliphatic carbocycles. The third-order valence-corrected chi connectivity index (χ3v) is 8.17. The average molecular weight is 423 g/mol. The molecule has 1 unspecified atom stereocenters. The van der Waals surface area contributed by atoms with Crippen molar-refractivity contribution in [2.75, 3.05) is 13.7 Å². The topological polar surface area (TPSA) is 113 Å². The van der Waals surface area contributed by atoms with Crippen LogP contribution < -0.4 is 0 Å². The first-order valence-corrected chi connectivity index (χ1v) is 10.4. The Hall–Kier alpha value is -1.54. The van der Waals surface area contributed by atoms with Gasteiger partial charge in [0.15, 0.2) is 5.78 Å². The highest BCUT2D eigenvalue weighted by Crippen LogP contribution is 2.63. The summed E-state index contributed by atoms with van der Waals surface area (Å²) in [5, 5.41) is 33.8. The van der Waals surface area contributed by atoms with Crippen LogP contribution in [0.1, 0.15) is 48.0 Å². The van der Waals surface area contributed by atoms with Gasteiger partial charge in [-0.05, 0) is 25.0 Å². The molecule has 0 aliphatic heterocycles. The number of carbonyl (C=O) groups is 2. The molecule has 0 bridgehead atoms. The fraction of sp³-hybridized carbons (Fsp3) is 0.739. The van der Waals surface area contributed by atoms with Crippen molar-refractivity contribution in [1.82, 2.24) is 0 Å². The standard InChI is InChI=1S/C23H34O7/c1-12-8-17-22(27,18(12)26)10-15(11-24)9-16-20(4,5)21(6,30-14(3)25)19(29-7)13(2)23(16,17)28/h8-9,13,16-17,19,24,27-28H,10-11H2,1-7H3/t13-,16+,17-,19?,21-,22-,23-/m1/s1. The molecule has 0 aromatic rings. The lowest BCUT2D eigenvalue weighted by atomic mass is 9.47. The second-order valence-electron chi connectivity index (χ2n) is 9.97. The van der Waals surface area contributed by atoms with Gasteiger partial charge >= 0.3 is 5.97 Å². The van der Waals surface area contributed by atoms with Gasteiger partial charge in [-0.1, -0.05) is 32.9 Å². The van der Waals surface area contributed by atoms with E-state index in [1.165, 1.54) is 14.0 Å². The Morgan fingerprint density at radius 1 is 1.20 bits per heavy atom. The third kappa shape index (κ3) is 2.72. The second-order valence-corrected chi connectivity index (χ2v) is 9.97. The lowest BCUT2D eigenvalue weighted by Gasteiger charge is -2.64. The molecule has 0 radical (unpaired) electrons. The Labute approximate surface area is 177 Å². The van der Waals surface area contributed by atoms with E-state index >= 15 is 0 Å². The first-order chi connectivity index (χ1) is 13.7. The molecule has 30 heavy (non-hydrogen) atoms. The number of ether oxygens (including phenoxy) is 2. The number of aliphatic hydroxyl groups excluding tert-OH is 1. The fourth-order valence-electron chi connectivity index (χ4n) is 6.39. The molecule has 3 N–H and O–H groups in total. The number of hydrogen-bond acceptors (Lipinski definition) is 7. The number of ketones is 1. The predicted octanol–water partition coefficient (Wildman–Crippen LogP) is 1.55. The molecule has 0 amide bonds. The van der Waals surface area contributed by atoms with Crippen LogP contribution in [-0.4, -0.2) is 63.7 Å². The highest BCUT2D eigenvalue weighted by atomic mass is 16.6. The van der Waals surface area contributed by atoms with Crippen LogP contribution in [0.15, 0.2) is 23.3 Å². The van der Waals surface area contributed by atoms with Gasteiger partial charge in [0.25, 0.3) is 0 Å². The van der Waals surface area contributed by atoms with Gasteiger partial charge in [-0.15, -0.1) is 0 Å². The first-order valence-electron chi connectivity index (χ1n) is 10.4. The van der Waals surface area contributed by atoms with Crippen molar-refractivity contribution in [2.24, 2.45) is 23.2 Å². The van der Waals surface area contributed by atoms with Crippen LogP contribution in [-0.2, 0) is 19.1 Å². The largest absolute Gasteiger partial charge is 0.456 e. The van der Waals surface area contributed by atoms with Gasteiger partial charge in [0, 0.05) is 43.6 Å². The molecule has 7 heteroatoms. The maximum atomic E-state index is 12.9. The summed E-state index contributed by atoms with van der Waals surface area (Å²) in [6, 6.07) is 0. The van der Waals surface area contributed by atoms with Crippen molar-refractivity contribution in [3.63, 3.8) is 0 Å². The molecule has 7 nitrogen and oxygen atoms in total. The maximum Gasteiger partial charge on any atom is 0.303 e. The van der Waals surface area contributed by atoms with Gasteiger partial charge in [-0.25, -0.2) is 0 Å². The van der Waals surface area contributed by atoms with Crippen LogP contribution in [0, 0.1) is 23.2 Å². The molecule has 0 saturated heterocycles. The molecule has 0 heterocycles. The van der Waals surface area contributed by atoms with Crippen molar-refractivity contribution in [2.45, 2.75) is 70.9 Å². The van der Waals surface area contributed by atoms with Crippen molar-refractivity contribution >= 4 is 11.8 Å². The molecule has 0 aromatic carbocycles. The zero-order valence-corrected chi connectivity index (χ0v) is 18.9. The lowest BCUT2D eigenvalue weighted by molar-refractivity contribution is -0.290. The van der Waals surface area contributed by atoms with Gasteiger partial charge < -0.3 is 24.8 Å². The SMILES string of the molecule is COC1[C@@H](C)[C@@]2(O)[C@@H](C=C(CO)C[C@]3(O)C(=O)C(C)=C[C@@H]23)C(C)(C)[C@]1(C)OC(C)=O. The molecule has 1 saturated carbocycles. The van der Waals surface area contributed by atoms with Gasteiger partial charge in [0.05, 0.1) is 12.2 Å². The number of methoxy groups -OCH3 is 1. The van der Waals surface area contributed by atoms with Crippen LogP contribution in [0.25, 0.3) is 0 Å². The smallest absolute Gasteiger partial charge is 0.303 e. The monoisotopic (exact) mass is 422 g/mol. The highest BCUT2D eigenvalue weighted by Gasteiger charge is 2.73. The molecule has 3 rings (SSSR count). The zero-order valence-electron chi connectivity index (χ0n) is 18.9. The summed E-state index contributed by atoms with van der Waals surface area (Å²) in [6.07, 6.45) is 2.65. The van der Waals surface area contributed by atoms with E-state index < -0.39 is 57.8 Å². The van der Waals surface area contributed by atoms with Crippen LogP contribution in [0.3, 0.4) is 0 Å². The summed E-state index contributed by atoms with van der Waals surface area (Å²) in [5.74, 6) is -3.03. The molecule has 7 atom stereocenters.